The molecule has 2 rings (SSSR count). The normalized spacial score (nSPS) is 23.8. The van der Waals surface area contributed by atoms with Crippen LogP contribution in [0.1, 0.15) is 43.4 Å². The van der Waals surface area contributed by atoms with Crippen molar-refractivity contribution in [2.75, 3.05) is 0 Å². The lowest BCUT2D eigenvalue weighted by Crippen LogP contribution is -2.45. The first kappa shape index (κ1) is 13.6. The Balaban J connectivity index is 1.65. The van der Waals surface area contributed by atoms with Crippen molar-refractivity contribution in [2.45, 2.75) is 57.1 Å². The summed E-state index contributed by atoms with van der Waals surface area (Å²) in [5.74, 6) is 0.0810. The maximum atomic E-state index is 11.8. The zero-order chi connectivity index (χ0) is 12.8. The number of rotatable bonds is 5. The molecule has 100 valence electrons. The fourth-order valence-electron chi connectivity index (χ4n) is 2.44. The maximum absolute atomic E-state index is 11.8. The van der Waals surface area contributed by atoms with Gasteiger partial charge in [0.1, 0.15) is 0 Å². The van der Waals surface area contributed by atoms with E-state index in [1.54, 1.807) is 11.3 Å². The lowest BCUT2D eigenvalue weighted by Gasteiger charge is -2.28. The number of nitrogens with one attached hydrogen (secondary N) is 1. The molecule has 1 fully saturated rings. The van der Waals surface area contributed by atoms with Gasteiger partial charge in [0.05, 0.1) is 12.1 Å². The lowest BCUT2D eigenvalue weighted by molar-refractivity contribution is -0.123. The van der Waals surface area contributed by atoms with E-state index in [0.717, 1.165) is 38.5 Å². The van der Waals surface area contributed by atoms with Crippen LogP contribution in [0.25, 0.3) is 0 Å². The van der Waals surface area contributed by atoms with Crippen molar-refractivity contribution in [1.29, 1.82) is 0 Å². The van der Waals surface area contributed by atoms with Gasteiger partial charge in [0.2, 0.25) is 5.91 Å². The first-order valence-corrected chi connectivity index (χ1v) is 7.63. The number of carbonyl (C=O) groups excluding carboxylic acids is 1. The summed E-state index contributed by atoms with van der Waals surface area (Å²) >= 11 is 1.74. The summed E-state index contributed by atoms with van der Waals surface area (Å²) in [5.41, 5.74) is 0. The van der Waals surface area contributed by atoms with E-state index < -0.39 is 0 Å². The van der Waals surface area contributed by atoms with Crippen LogP contribution < -0.4 is 5.32 Å². The Bertz CT molecular complexity index is 364. The molecular formula is C14H21NO2S. The lowest BCUT2D eigenvalue weighted by atomic mass is 9.92. The second kappa shape index (κ2) is 6.90. The number of hydrogen-bond donors (Lipinski definition) is 2. The molecule has 3 nitrogen and oxygen atoms in total. The smallest absolute Gasteiger partial charge is 0.220 e. The Labute approximate surface area is 112 Å². The number of hydrogen-bond acceptors (Lipinski definition) is 3. The minimum Gasteiger partial charge on any atom is -0.391 e. The molecule has 0 unspecified atom stereocenters. The van der Waals surface area contributed by atoms with Gasteiger partial charge in [-0.15, -0.1) is 11.3 Å². The van der Waals surface area contributed by atoms with Crippen LogP contribution in [0.3, 0.4) is 0 Å². The van der Waals surface area contributed by atoms with Crippen molar-refractivity contribution in [3.8, 4) is 0 Å². The SMILES string of the molecule is O=C(CCCc1cccs1)N[C@H]1CCCC[C@@H]1O. The topological polar surface area (TPSA) is 49.3 Å². The van der Waals surface area contributed by atoms with Crippen molar-refractivity contribution in [3.05, 3.63) is 22.4 Å². The van der Waals surface area contributed by atoms with Crippen LogP contribution in [-0.2, 0) is 11.2 Å². The molecule has 0 aliphatic heterocycles. The molecule has 2 atom stereocenters. The predicted octanol–water partition coefficient (Wildman–Crippen LogP) is 2.49. The Hall–Kier alpha value is -0.870. The molecule has 1 aromatic heterocycles. The summed E-state index contributed by atoms with van der Waals surface area (Å²) in [6.45, 7) is 0. The van der Waals surface area contributed by atoms with Crippen molar-refractivity contribution >= 4 is 17.2 Å². The third-order valence-electron chi connectivity index (χ3n) is 3.48. The van der Waals surface area contributed by atoms with Gasteiger partial charge in [-0.1, -0.05) is 18.9 Å². The van der Waals surface area contributed by atoms with Gasteiger partial charge in [-0.3, -0.25) is 4.79 Å². The van der Waals surface area contributed by atoms with Gasteiger partial charge in [-0.05, 0) is 37.1 Å². The van der Waals surface area contributed by atoms with E-state index in [0.29, 0.717) is 6.42 Å². The number of aryl methyl sites for hydroxylation is 1. The van der Waals surface area contributed by atoms with Gasteiger partial charge < -0.3 is 10.4 Å². The second-order valence-corrected chi connectivity index (χ2v) is 5.99. The molecule has 0 spiro atoms. The van der Waals surface area contributed by atoms with Crippen LogP contribution >= 0.6 is 11.3 Å². The largest absolute Gasteiger partial charge is 0.391 e. The van der Waals surface area contributed by atoms with Gasteiger partial charge >= 0.3 is 0 Å². The molecule has 1 aliphatic rings. The molecule has 0 radical (unpaired) electrons. The van der Waals surface area contributed by atoms with Crippen LogP contribution in [0.4, 0.5) is 0 Å². The second-order valence-electron chi connectivity index (χ2n) is 4.96. The van der Waals surface area contributed by atoms with Crippen LogP contribution in [0.15, 0.2) is 17.5 Å². The molecular weight excluding hydrogens is 246 g/mol. The average molecular weight is 267 g/mol. The monoisotopic (exact) mass is 267 g/mol. The van der Waals surface area contributed by atoms with Gasteiger partial charge in [-0.25, -0.2) is 0 Å². The summed E-state index contributed by atoms with van der Waals surface area (Å²) in [6.07, 6.45) is 5.98. The first-order valence-electron chi connectivity index (χ1n) is 6.75. The van der Waals surface area contributed by atoms with E-state index in [2.05, 4.69) is 16.8 Å². The molecule has 1 saturated carbocycles. The average Bonchev–Trinajstić information content (AvgIpc) is 2.85. The quantitative estimate of drug-likeness (QED) is 0.861. The van der Waals surface area contributed by atoms with Gasteiger partial charge in [0.15, 0.2) is 0 Å². The molecule has 1 aromatic rings. The van der Waals surface area contributed by atoms with E-state index in [9.17, 15) is 9.90 Å². The number of aliphatic hydroxyl groups is 1. The van der Waals surface area contributed by atoms with Crippen LogP contribution in [0, 0.1) is 0 Å². The molecule has 1 heterocycles. The number of amides is 1. The fourth-order valence-corrected chi connectivity index (χ4v) is 3.19. The van der Waals surface area contributed by atoms with E-state index in [1.165, 1.54) is 4.88 Å². The van der Waals surface area contributed by atoms with Gasteiger partial charge in [-0.2, -0.15) is 0 Å². The molecule has 18 heavy (non-hydrogen) atoms. The Morgan fingerprint density at radius 2 is 2.28 bits per heavy atom. The molecule has 0 saturated heterocycles. The third kappa shape index (κ3) is 4.10. The van der Waals surface area contributed by atoms with Gasteiger partial charge in [0, 0.05) is 11.3 Å². The molecule has 2 N–H and O–H groups in total. The minimum absolute atomic E-state index is 0.0204. The van der Waals surface area contributed by atoms with E-state index >= 15 is 0 Å². The zero-order valence-corrected chi connectivity index (χ0v) is 11.4. The number of aliphatic hydroxyl groups excluding tert-OH is 1. The van der Waals surface area contributed by atoms with Gasteiger partial charge in [0.25, 0.3) is 0 Å². The van der Waals surface area contributed by atoms with E-state index in [1.807, 2.05) is 6.07 Å². The van der Waals surface area contributed by atoms with Crippen LogP contribution in [0.5, 0.6) is 0 Å². The summed E-state index contributed by atoms with van der Waals surface area (Å²) in [4.78, 5) is 13.1. The van der Waals surface area contributed by atoms with Crippen LogP contribution in [-0.4, -0.2) is 23.2 Å². The van der Waals surface area contributed by atoms with Crippen molar-refractivity contribution in [2.24, 2.45) is 0 Å². The van der Waals surface area contributed by atoms with Crippen LogP contribution in [0.2, 0.25) is 0 Å². The van der Waals surface area contributed by atoms with Crippen molar-refractivity contribution in [3.63, 3.8) is 0 Å². The highest BCUT2D eigenvalue weighted by Crippen LogP contribution is 2.18. The first-order chi connectivity index (χ1) is 8.75. The number of carbonyl (C=O) groups is 1. The third-order valence-corrected chi connectivity index (χ3v) is 4.42. The highest BCUT2D eigenvalue weighted by atomic mass is 32.1. The Morgan fingerprint density at radius 3 is 3.00 bits per heavy atom. The Morgan fingerprint density at radius 1 is 1.44 bits per heavy atom. The van der Waals surface area contributed by atoms with Crippen molar-refractivity contribution < 1.29 is 9.90 Å². The Kier molecular flexibility index (Phi) is 5.20. The fraction of sp³-hybridized carbons (Fsp3) is 0.643. The molecule has 0 aromatic carbocycles. The van der Waals surface area contributed by atoms with E-state index in [-0.39, 0.29) is 18.1 Å². The standard InChI is InChI=1S/C14H21NO2S/c16-13-8-2-1-7-12(13)15-14(17)9-3-5-11-6-4-10-18-11/h4,6,10,12-13,16H,1-3,5,7-9H2,(H,15,17)/t12-,13-/m0/s1. The summed E-state index contributed by atoms with van der Waals surface area (Å²) in [7, 11) is 0. The van der Waals surface area contributed by atoms with Crippen molar-refractivity contribution in [1.82, 2.24) is 5.32 Å². The zero-order valence-electron chi connectivity index (χ0n) is 10.6. The summed E-state index contributed by atoms with van der Waals surface area (Å²) in [5, 5.41) is 14.8. The predicted molar refractivity (Wildman–Crippen MR) is 73.7 cm³/mol. The summed E-state index contributed by atoms with van der Waals surface area (Å²) in [6, 6.07) is 4.12. The molecule has 1 aliphatic carbocycles. The minimum atomic E-state index is -0.347. The van der Waals surface area contributed by atoms with E-state index in [4.69, 9.17) is 0 Å². The molecule has 0 bridgehead atoms. The number of thiophene rings is 1. The highest BCUT2D eigenvalue weighted by molar-refractivity contribution is 7.09. The highest BCUT2D eigenvalue weighted by Gasteiger charge is 2.23. The molecule has 4 heteroatoms. The summed E-state index contributed by atoms with van der Waals surface area (Å²) < 4.78 is 0. The maximum Gasteiger partial charge on any atom is 0.220 e. The molecule has 1 amide bonds.